The molecule has 2 rings (SSSR count). The molecule has 0 saturated carbocycles. The van der Waals surface area contributed by atoms with Crippen LogP contribution in [-0.2, 0) is 33.4 Å². The van der Waals surface area contributed by atoms with Crippen molar-refractivity contribution in [2.24, 2.45) is 0 Å². The van der Waals surface area contributed by atoms with Gasteiger partial charge in [-0.1, -0.05) is 5.92 Å². The minimum Gasteiger partial charge on any atom is -0.481 e. The van der Waals surface area contributed by atoms with Gasteiger partial charge in [0, 0.05) is 12.6 Å². The lowest BCUT2D eigenvalue weighted by molar-refractivity contribution is -0.160. The molecule has 3 atom stereocenters. The largest absolute Gasteiger partial charge is 0.481 e. The van der Waals surface area contributed by atoms with Crippen molar-refractivity contribution in [3.63, 3.8) is 0 Å². The molecular weight excluding hydrogens is 444 g/mol. The Labute approximate surface area is 186 Å². The first-order valence-corrected chi connectivity index (χ1v) is 9.83. The zero-order chi connectivity index (χ0) is 24.5. The first-order valence-electron chi connectivity index (χ1n) is 9.83. The van der Waals surface area contributed by atoms with Crippen molar-refractivity contribution in [2.45, 2.75) is 57.5 Å². The van der Waals surface area contributed by atoms with Crippen molar-refractivity contribution in [3.05, 3.63) is 32.6 Å². The number of nitrogens with one attached hydrogen (secondary N) is 1. The van der Waals surface area contributed by atoms with E-state index >= 15 is 0 Å². The van der Waals surface area contributed by atoms with Crippen LogP contribution >= 0.6 is 0 Å². The number of hydrogen-bond acceptors (Lipinski definition) is 9. The van der Waals surface area contributed by atoms with Gasteiger partial charge in [-0.2, -0.15) is 0 Å². The number of nitrogens with zero attached hydrogens (tertiary/aromatic N) is 1. The first kappa shape index (κ1) is 25.3. The van der Waals surface area contributed by atoms with Gasteiger partial charge in [0.1, 0.15) is 30.6 Å². The van der Waals surface area contributed by atoms with Crippen molar-refractivity contribution >= 4 is 23.9 Å². The summed E-state index contributed by atoms with van der Waals surface area (Å²) in [6.45, 7) is 1.09. The molecule has 0 amide bonds. The van der Waals surface area contributed by atoms with Gasteiger partial charge in [-0.05, 0) is 6.92 Å². The number of carboxylic acid groups (broad SMARTS) is 2. The van der Waals surface area contributed by atoms with Gasteiger partial charge in [-0.25, -0.2) is 4.79 Å². The number of hydrogen-bond donors (Lipinski definition) is 3. The molecule has 0 radical (unpaired) electrons. The Hall–Kier alpha value is -3.92. The average molecular weight is 466 g/mol. The second kappa shape index (κ2) is 11.6. The van der Waals surface area contributed by atoms with E-state index in [9.17, 15) is 28.8 Å². The summed E-state index contributed by atoms with van der Waals surface area (Å²) in [5, 5.41) is 17.4. The number of carbonyl (C=O) groups excluding carboxylic acids is 2. The van der Waals surface area contributed by atoms with Crippen LogP contribution in [0.4, 0.5) is 0 Å². The van der Waals surface area contributed by atoms with E-state index in [1.54, 1.807) is 0 Å². The molecule has 1 aromatic heterocycles. The van der Waals surface area contributed by atoms with Gasteiger partial charge in [0.15, 0.2) is 0 Å². The molecule has 0 aliphatic carbocycles. The summed E-state index contributed by atoms with van der Waals surface area (Å²) < 4.78 is 17.0. The third kappa shape index (κ3) is 7.62. The highest BCUT2D eigenvalue weighted by Gasteiger charge is 2.40. The smallest absolute Gasteiger partial charge is 0.330 e. The number of esters is 2. The molecule has 1 fully saturated rings. The van der Waals surface area contributed by atoms with Crippen molar-refractivity contribution in [3.8, 4) is 11.8 Å². The first-order chi connectivity index (χ1) is 15.6. The number of aromatic nitrogens is 2. The van der Waals surface area contributed by atoms with Gasteiger partial charge in [-0.15, -0.1) is 5.92 Å². The Morgan fingerprint density at radius 2 is 1.76 bits per heavy atom. The summed E-state index contributed by atoms with van der Waals surface area (Å²) in [6, 6.07) is 0. The van der Waals surface area contributed by atoms with E-state index < -0.39 is 79.4 Å². The molecule has 1 saturated heterocycles. The van der Waals surface area contributed by atoms with Crippen molar-refractivity contribution in [2.75, 3.05) is 6.61 Å². The van der Waals surface area contributed by atoms with Crippen LogP contribution in [0.2, 0.25) is 0 Å². The van der Waals surface area contributed by atoms with Crippen LogP contribution in [-0.4, -0.2) is 62.5 Å². The van der Waals surface area contributed by atoms with Gasteiger partial charge in [0.05, 0.1) is 25.7 Å². The summed E-state index contributed by atoms with van der Waals surface area (Å²) in [5.41, 5.74) is -1.50. The zero-order valence-corrected chi connectivity index (χ0v) is 17.6. The quantitative estimate of drug-likeness (QED) is 0.294. The molecule has 33 heavy (non-hydrogen) atoms. The van der Waals surface area contributed by atoms with Crippen LogP contribution < -0.4 is 11.2 Å². The lowest BCUT2D eigenvalue weighted by atomic mass is 10.1. The highest BCUT2D eigenvalue weighted by Crippen LogP contribution is 2.30. The standard InChI is InChI=1S/C20H22N2O11/c1-2-3-11-9-22(20(30)21-19(11)29)14-8-12(33-18(28)7-5-16(25)26)13(32-14)10-31-17(27)6-4-15(23)24/h9,12-14H,4-8,10H2,1H3,(H,23,24)(H,25,26)(H,21,29,30)/t12-,13+,14+/m0/s1. The summed E-state index contributed by atoms with van der Waals surface area (Å²) in [4.78, 5) is 71.2. The van der Waals surface area contributed by atoms with Crippen molar-refractivity contribution in [1.82, 2.24) is 9.55 Å². The molecule has 0 spiro atoms. The molecule has 1 aliphatic heterocycles. The Balaban J connectivity index is 2.19. The molecule has 13 nitrogen and oxygen atoms in total. The zero-order valence-electron chi connectivity index (χ0n) is 17.6. The molecular formula is C20H22N2O11. The maximum Gasteiger partial charge on any atom is 0.330 e. The molecule has 1 aromatic rings. The van der Waals surface area contributed by atoms with Crippen molar-refractivity contribution < 1.29 is 43.6 Å². The van der Waals surface area contributed by atoms with Gasteiger partial charge in [0.25, 0.3) is 5.56 Å². The molecule has 1 aliphatic rings. The summed E-state index contributed by atoms with van der Waals surface area (Å²) in [6.07, 6.45) is -3.62. The summed E-state index contributed by atoms with van der Waals surface area (Å²) in [5.74, 6) is 1.06. The van der Waals surface area contributed by atoms with E-state index in [-0.39, 0.29) is 18.4 Å². The lowest BCUT2D eigenvalue weighted by Gasteiger charge is -2.18. The number of aromatic amines is 1. The van der Waals surface area contributed by atoms with E-state index in [2.05, 4.69) is 16.8 Å². The number of carboxylic acids is 2. The van der Waals surface area contributed by atoms with E-state index in [0.717, 1.165) is 4.57 Å². The number of ether oxygens (including phenoxy) is 3. The molecule has 2 heterocycles. The monoisotopic (exact) mass is 466 g/mol. The molecule has 0 bridgehead atoms. The van der Waals surface area contributed by atoms with Gasteiger partial charge in [0.2, 0.25) is 0 Å². The van der Waals surface area contributed by atoms with Crippen molar-refractivity contribution in [1.29, 1.82) is 0 Å². The third-order valence-electron chi connectivity index (χ3n) is 4.50. The van der Waals surface area contributed by atoms with Crippen LogP contribution in [0, 0.1) is 11.8 Å². The molecule has 0 unspecified atom stereocenters. The number of carbonyl (C=O) groups is 4. The molecule has 178 valence electrons. The van der Waals surface area contributed by atoms with Crippen LogP contribution in [0.3, 0.4) is 0 Å². The van der Waals surface area contributed by atoms with Crippen LogP contribution in [0.15, 0.2) is 15.8 Å². The van der Waals surface area contributed by atoms with E-state index in [1.807, 2.05) is 0 Å². The summed E-state index contributed by atoms with van der Waals surface area (Å²) >= 11 is 0. The Kier molecular flexibility index (Phi) is 8.93. The normalized spacial score (nSPS) is 19.2. The minimum atomic E-state index is -1.19. The number of rotatable bonds is 10. The minimum absolute atomic E-state index is 0.000693. The predicted molar refractivity (Wildman–Crippen MR) is 107 cm³/mol. The van der Waals surface area contributed by atoms with Crippen LogP contribution in [0.1, 0.15) is 50.8 Å². The highest BCUT2D eigenvalue weighted by molar-refractivity contribution is 5.77. The number of H-pyrrole nitrogens is 1. The fourth-order valence-electron chi connectivity index (χ4n) is 2.96. The van der Waals surface area contributed by atoms with Gasteiger partial charge in [-0.3, -0.25) is 33.5 Å². The van der Waals surface area contributed by atoms with Gasteiger partial charge < -0.3 is 24.4 Å². The average Bonchev–Trinajstić information content (AvgIpc) is 3.13. The second-order valence-corrected chi connectivity index (χ2v) is 6.95. The summed E-state index contributed by atoms with van der Waals surface area (Å²) in [7, 11) is 0. The van der Waals surface area contributed by atoms with E-state index in [0.29, 0.717) is 0 Å². The van der Waals surface area contributed by atoms with Crippen LogP contribution in [0.25, 0.3) is 0 Å². The topological polar surface area (TPSA) is 191 Å². The Morgan fingerprint density at radius 3 is 2.36 bits per heavy atom. The van der Waals surface area contributed by atoms with Gasteiger partial charge >= 0.3 is 29.6 Å². The SMILES string of the molecule is CC#Cc1cn([C@H]2C[C@H](OC(=O)CCC(=O)O)[C@@H](COC(=O)CCC(=O)O)O2)c(=O)[nH]c1=O. The maximum absolute atomic E-state index is 12.3. The Morgan fingerprint density at radius 1 is 1.12 bits per heavy atom. The predicted octanol–water partition coefficient (Wildman–Crippen LogP) is -0.620. The highest BCUT2D eigenvalue weighted by atomic mass is 16.6. The van der Waals surface area contributed by atoms with Crippen LogP contribution in [0.5, 0.6) is 0 Å². The maximum atomic E-state index is 12.3. The lowest BCUT2D eigenvalue weighted by Crippen LogP contribution is -2.34. The molecule has 3 N–H and O–H groups in total. The fourth-order valence-corrected chi connectivity index (χ4v) is 2.96. The Bertz CT molecular complexity index is 1090. The number of aliphatic carboxylic acids is 2. The van der Waals surface area contributed by atoms with E-state index in [4.69, 9.17) is 24.4 Å². The molecule has 13 heteroatoms. The van der Waals surface area contributed by atoms with E-state index in [1.165, 1.54) is 13.1 Å². The third-order valence-corrected chi connectivity index (χ3v) is 4.50. The molecule has 0 aromatic carbocycles. The fraction of sp³-hybridized carbons (Fsp3) is 0.500. The second-order valence-electron chi connectivity index (χ2n) is 6.95.